The fourth-order valence-electron chi connectivity index (χ4n) is 0. The van der Waals surface area contributed by atoms with E-state index in [1.54, 1.807) is 0 Å². The van der Waals surface area contributed by atoms with Gasteiger partial charge in [-0.1, -0.05) is 11.8 Å². The average molecular weight is 196 g/mol. The van der Waals surface area contributed by atoms with Crippen LogP contribution in [0.1, 0.15) is 11.2 Å². The Hall–Kier alpha value is 0.756. The summed E-state index contributed by atoms with van der Waals surface area (Å²) >= 11 is 0. The Morgan fingerprint density at radius 2 is 2.00 bits per heavy atom. The zero-order chi connectivity index (χ0) is 3.58. The molecule has 0 N–H and O–H groups in total. The fraction of sp³-hybridized carbons (Fsp3) is 0.333. The van der Waals surface area contributed by atoms with E-state index in [-0.39, 0.29) is 28.2 Å². The third-order valence-corrected chi connectivity index (χ3v) is 0. The zero-order valence-electron chi connectivity index (χ0n) is 3.58. The standard InChI is InChI=1S/C3H7Si.Sn.3H2/c1-3(2)4;;;;/h1H,2,4H3;;3*1H. The maximum absolute atomic E-state index is 5.09. The fourth-order valence-corrected chi connectivity index (χ4v) is 0. The van der Waals surface area contributed by atoms with Crippen molar-refractivity contribution in [2.24, 2.45) is 0 Å². The van der Waals surface area contributed by atoms with E-state index in [1.165, 1.54) is 0 Å². The van der Waals surface area contributed by atoms with Gasteiger partial charge in [-0.3, -0.25) is 0 Å². The van der Waals surface area contributed by atoms with Crippen LogP contribution in [0.3, 0.4) is 0 Å². The first kappa shape index (κ1) is 9.23. The van der Waals surface area contributed by atoms with Crippen LogP contribution < -0.4 is 0 Å². The third-order valence-electron chi connectivity index (χ3n) is 0. The molecule has 0 nitrogen and oxygen atoms in total. The van der Waals surface area contributed by atoms with Gasteiger partial charge in [0, 0.05) is 38.4 Å². The Labute approximate surface area is 57.5 Å². The summed E-state index contributed by atoms with van der Waals surface area (Å²) in [5.41, 5.74) is 0. The molecule has 0 saturated heterocycles. The quantitative estimate of drug-likeness (QED) is 0.480. The summed E-state index contributed by atoms with van der Waals surface area (Å²) in [6, 6.07) is 0. The van der Waals surface area contributed by atoms with E-state index in [2.05, 4.69) is 0 Å². The van der Waals surface area contributed by atoms with Crippen molar-refractivity contribution in [1.29, 1.82) is 0 Å². The van der Waals surface area contributed by atoms with E-state index in [1.807, 2.05) is 6.92 Å². The number of allylic oxidation sites excluding steroid dienone is 1. The zero-order valence-corrected chi connectivity index (χ0v) is 8.43. The summed E-state index contributed by atoms with van der Waals surface area (Å²) in [5, 5.41) is 1.06. The third kappa shape index (κ3) is 63.3. The van der Waals surface area contributed by atoms with Gasteiger partial charge in [-0.05, 0) is 6.92 Å². The molecule has 5 heavy (non-hydrogen) atoms. The summed E-state index contributed by atoms with van der Waals surface area (Å²) in [5.74, 6) is 0. The van der Waals surface area contributed by atoms with Crippen LogP contribution >= 0.6 is 0 Å². The SMILES string of the molecule is [CH]=C(C)[SiH3].[HH].[HH].[HH].[Sn]. The van der Waals surface area contributed by atoms with Crippen LogP contribution in [0.15, 0.2) is 5.20 Å². The predicted octanol–water partition coefficient (Wildman–Crippen LogP) is 0.0458. The smallest absolute Gasteiger partial charge is 0.0329 e. The average Bonchev–Trinajstić information content (AvgIpc) is 0.811. The van der Waals surface area contributed by atoms with E-state index in [0.717, 1.165) is 15.4 Å². The van der Waals surface area contributed by atoms with Gasteiger partial charge in [0.2, 0.25) is 0 Å². The van der Waals surface area contributed by atoms with Crippen molar-refractivity contribution < 1.29 is 4.28 Å². The molecular weight excluding hydrogens is 183 g/mol. The molecule has 0 aliphatic heterocycles. The van der Waals surface area contributed by atoms with Gasteiger partial charge >= 0.3 is 0 Å². The van der Waals surface area contributed by atoms with Gasteiger partial charge in [0.15, 0.2) is 0 Å². The molecular formula is C3H13SiSn. The molecule has 0 amide bonds. The molecule has 0 aliphatic carbocycles. The molecule has 5 radical (unpaired) electrons. The first-order valence-corrected chi connectivity index (χ1v) is 2.29. The topological polar surface area (TPSA) is 0 Å². The van der Waals surface area contributed by atoms with Crippen LogP contribution in [-0.2, 0) is 0 Å². The van der Waals surface area contributed by atoms with Gasteiger partial charge in [-0.25, -0.2) is 0 Å². The molecule has 0 rings (SSSR count). The summed E-state index contributed by atoms with van der Waals surface area (Å²) in [6.45, 7) is 7.01. The van der Waals surface area contributed by atoms with Gasteiger partial charge < -0.3 is 0 Å². The minimum Gasteiger partial charge on any atom is -0.0948 e. The predicted molar refractivity (Wildman–Crippen MR) is 35.5 cm³/mol. The van der Waals surface area contributed by atoms with E-state index in [0.29, 0.717) is 0 Å². The van der Waals surface area contributed by atoms with Gasteiger partial charge in [-0.15, -0.1) is 0 Å². The summed E-state index contributed by atoms with van der Waals surface area (Å²) in [7, 11) is 1.04. The Morgan fingerprint density at radius 1 is 2.00 bits per heavy atom. The normalized spacial score (nSPS) is 5.80. The molecule has 0 unspecified atom stereocenters. The number of hydrogen-bond acceptors (Lipinski definition) is 0. The maximum Gasteiger partial charge on any atom is 0.0329 e. The van der Waals surface area contributed by atoms with Crippen molar-refractivity contribution in [3.63, 3.8) is 0 Å². The molecule has 0 aromatic rings. The molecule has 2 heteroatoms. The first-order chi connectivity index (χ1) is 1.73. The van der Waals surface area contributed by atoms with Crippen molar-refractivity contribution in [1.82, 2.24) is 0 Å². The van der Waals surface area contributed by atoms with E-state index in [9.17, 15) is 0 Å². The molecule has 0 aliphatic rings. The molecule has 33 valence electrons. The second-order valence-electron chi connectivity index (χ2n) is 1.08. The Balaban J connectivity index is -0.00000000750. The van der Waals surface area contributed by atoms with Crippen molar-refractivity contribution >= 4 is 34.2 Å². The van der Waals surface area contributed by atoms with Crippen molar-refractivity contribution in [2.75, 3.05) is 0 Å². The van der Waals surface area contributed by atoms with E-state index < -0.39 is 0 Å². The van der Waals surface area contributed by atoms with Crippen LogP contribution in [-0.4, -0.2) is 34.2 Å². The van der Waals surface area contributed by atoms with Gasteiger partial charge in [0.1, 0.15) is 0 Å². The summed E-state index contributed by atoms with van der Waals surface area (Å²) in [4.78, 5) is 0. The molecule has 0 saturated carbocycles. The molecule has 0 aromatic heterocycles. The maximum atomic E-state index is 5.09. The van der Waals surface area contributed by atoms with E-state index in [4.69, 9.17) is 6.58 Å². The monoisotopic (exact) mass is 197 g/mol. The van der Waals surface area contributed by atoms with Gasteiger partial charge in [0.05, 0.1) is 0 Å². The van der Waals surface area contributed by atoms with Crippen LogP contribution in [0, 0.1) is 6.58 Å². The summed E-state index contributed by atoms with van der Waals surface area (Å²) < 4.78 is 0. The van der Waals surface area contributed by atoms with Gasteiger partial charge in [0.25, 0.3) is 0 Å². The van der Waals surface area contributed by atoms with Crippen LogP contribution in [0.4, 0.5) is 0 Å². The Bertz CT molecular complexity index is 37.5. The molecule has 0 heterocycles. The number of rotatable bonds is 0. The largest absolute Gasteiger partial charge is 0.0948 e. The van der Waals surface area contributed by atoms with Crippen LogP contribution in [0.5, 0.6) is 0 Å². The Morgan fingerprint density at radius 3 is 2.00 bits per heavy atom. The molecule has 0 aromatic carbocycles. The molecule has 0 spiro atoms. The minimum atomic E-state index is 0. The van der Waals surface area contributed by atoms with Crippen molar-refractivity contribution in [3.05, 3.63) is 11.8 Å². The number of hydrogen-bond donors (Lipinski definition) is 0. The molecule has 0 fully saturated rings. The Kier molecular flexibility index (Phi) is 8.78. The summed E-state index contributed by atoms with van der Waals surface area (Å²) in [6.07, 6.45) is 0. The van der Waals surface area contributed by atoms with E-state index >= 15 is 0 Å². The molecule has 0 bridgehead atoms. The van der Waals surface area contributed by atoms with Crippen LogP contribution in [0.2, 0.25) is 0 Å². The first-order valence-electron chi connectivity index (χ1n) is 1.29. The van der Waals surface area contributed by atoms with Crippen molar-refractivity contribution in [3.8, 4) is 0 Å². The second-order valence-corrected chi connectivity index (χ2v) is 2.65. The van der Waals surface area contributed by atoms with Crippen LogP contribution in [0.25, 0.3) is 0 Å². The minimum absolute atomic E-state index is 0. The molecule has 0 atom stereocenters. The van der Waals surface area contributed by atoms with Gasteiger partial charge in [-0.2, -0.15) is 0 Å². The van der Waals surface area contributed by atoms with Crippen molar-refractivity contribution in [2.45, 2.75) is 6.92 Å². The second kappa shape index (κ2) is 4.76.